The molecule has 0 aliphatic rings. The van der Waals surface area contributed by atoms with E-state index in [1.807, 2.05) is 30.3 Å². The monoisotopic (exact) mass is 353 g/mol. The molecule has 0 spiro atoms. The highest BCUT2D eigenvalue weighted by Crippen LogP contribution is 2.34. The fourth-order valence-electron chi connectivity index (χ4n) is 2.03. The zero-order valence-corrected chi connectivity index (χ0v) is 12.9. The van der Waals surface area contributed by atoms with Crippen LogP contribution in [0.2, 0.25) is 5.02 Å². The second-order valence-electron chi connectivity index (χ2n) is 4.91. The van der Waals surface area contributed by atoms with Gasteiger partial charge in [-0.3, -0.25) is 0 Å². The molecule has 1 aromatic heterocycles. The predicted molar refractivity (Wildman–Crippen MR) is 83.5 cm³/mol. The number of hydrogen-bond acceptors (Lipinski definition) is 4. The molecule has 4 nitrogen and oxygen atoms in total. The number of nitrogens with one attached hydrogen (secondary N) is 1. The van der Waals surface area contributed by atoms with E-state index in [1.165, 1.54) is 6.07 Å². The minimum atomic E-state index is -4.44. The molecule has 24 heavy (non-hydrogen) atoms. The molecule has 2 aromatic carbocycles. The summed E-state index contributed by atoms with van der Waals surface area (Å²) in [7, 11) is 0. The lowest BCUT2D eigenvalue weighted by Crippen LogP contribution is -2.07. The van der Waals surface area contributed by atoms with Crippen molar-refractivity contribution in [1.29, 1.82) is 0 Å². The lowest BCUT2D eigenvalue weighted by Gasteiger charge is -2.11. The Bertz CT molecular complexity index is 834. The maximum absolute atomic E-state index is 12.7. The second-order valence-corrected chi connectivity index (χ2v) is 5.32. The lowest BCUT2D eigenvalue weighted by molar-refractivity contribution is -0.137. The van der Waals surface area contributed by atoms with Crippen LogP contribution >= 0.6 is 11.6 Å². The van der Waals surface area contributed by atoms with Gasteiger partial charge in [0.25, 0.3) is 0 Å². The first-order valence-electron chi connectivity index (χ1n) is 6.92. The molecular weight excluding hydrogens is 343 g/mol. The summed E-state index contributed by atoms with van der Waals surface area (Å²) in [6.07, 6.45) is -4.44. The van der Waals surface area contributed by atoms with Gasteiger partial charge in [0.1, 0.15) is 0 Å². The van der Waals surface area contributed by atoms with Crippen LogP contribution in [0.3, 0.4) is 0 Å². The summed E-state index contributed by atoms with van der Waals surface area (Å²) in [6.45, 7) is 0.0564. The first-order valence-corrected chi connectivity index (χ1v) is 7.30. The molecule has 1 heterocycles. The maximum Gasteiger partial charge on any atom is 0.416 e. The Morgan fingerprint density at radius 2 is 1.79 bits per heavy atom. The van der Waals surface area contributed by atoms with Crippen LogP contribution in [-0.2, 0) is 12.7 Å². The van der Waals surface area contributed by atoms with E-state index < -0.39 is 11.7 Å². The molecule has 0 atom stereocenters. The van der Waals surface area contributed by atoms with Gasteiger partial charge in [-0.15, -0.1) is 10.2 Å². The second kappa shape index (κ2) is 6.52. The Kier molecular flexibility index (Phi) is 4.44. The Hall–Kier alpha value is -2.54. The van der Waals surface area contributed by atoms with Gasteiger partial charge in [0.2, 0.25) is 11.8 Å². The third-order valence-electron chi connectivity index (χ3n) is 3.21. The maximum atomic E-state index is 12.7. The number of alkyl halides is 3. The van der Waals surface area contributed by atoms with Gasteiger partial charge >= 0.3 is 6.18 Å². The van der Waals surface area contributed by atoms with Gasteiger partial charge in [-0.25, -0.2) is 0 Å². The minimum absolute atomic E-state index is 0.0564. The van der Waals surface area contributed by atoms with Gasteiger partial charge in [-0.2, -0.15) is 13.2 Å². The van der Waals surface area contributed by atoms with E-state index in [1.54, 1.807) is 0 Å². The Morgan fingerprint density at radius 1 is 1.04 bits per heavy atom. The van der Waals surface area contributed by atoms with E-state index in [9.17, 15) is 13.2 Å². The van der Waals surface area contributed by atoms with Crippen LogP contribution in [0.15, 0.2) is 52.9 Å². The summed E-state index contributed by atoms with van der Waals surface area (Å²) in [4.78, 5) is 0. The molecule has 0 amide bonds. The summed E-state index contributed by atoms with van der Waals surface area (Å²) < 4.78 is 43.7. The van der Waals surface area contributed by atoms with Gasteiger partial charge in [-0.05, 0) is 30.3 Å². The van der Waals surface area contributed by atoms with Gasteiger partial charge in [0, 0.05) is 5.56 Å². The molecule has 3 aromatic rings. The molecule has 124 valence electrons. The predicted octanol–water partition coefficient (Wildman–Crippen LogP) is 5.02. The average molecular weight is 354 g/mol. The highest BCUT2D eigenvalue weighted by molar-refractivity contribution is 6.33. The first-order chi connectivity index (χ1) is 11.4. The molecular formula is C16H11ClF3N3O. The summed E-state index contributed by atoms with van der Waals surface area (Å²) in [6, 6.07) is 12.2. The highest BCUT2D eigenvalue weighted by Gasteiger charge is 2.30. The number of halogens is 4. The molecule has 0 saturated heterocycles. The fraction of sp³-hybridized carbons (Fsp3) is 0.125. The Balaban J connectivity index is 1.74. The minimum Gasteiger partial charge on any atom is -0.419 e. The molecule has 1 N–H and O–H groups in total. The SMILES string of the molecule is FC(F)(F)c1ccc(Cl)c(NCc2nnc(-c3ccccc3)o2)c1. The van der Waals surface area contributed by atoms with Crippen molar-refractivity contribution in [2.45, 2.75) is 12.7 Å². The Labute approximate surface area is 140 Å². The van der Waals surface area contributed by atoms with Crippen LogP contribution in [-0.4, -0.2) is 10.2 Å². The van der Waals surface area contributed by atoms with E-state index in [2.05, 4.69) is 15.5 Å². The van der Waals surface area contributed by atoms with Crippen molar-refractivity contribution < 1.29 is 17.6 Å². The number of anilines is 1. The van der Waals surface area contributed by atoms with Gasteiger partial charge < -0.3 is 9.73 Å². The number of aromatic nitrogens is 2. The molecule has 0 unspecified atom stereocenters. The van der Waals surface area contributed by atoms with E-state index in [4.69, 9.17) is 16.0 Å². The van der Waals surface area contributed by atoms with E-state index in [0.717, 1.165) is 17.7 Å². The summed E-state index contributed by atoms with van der Waals surface area (Å²) >= 11 is 5.92. The smallest absolute Gasteiger partial charge is 0.416 e. The van der Waals surface area contributed by atoms with Crippen molar-refractivity contribution in [3.05, 3.63) is 65.0 Å². The van der Waals surface area contributed by atoms with Gasteiger partial charge in [0.15, 0.2) is 0 Å². The van der Waals surface area contributed by atoms with Crippen LogP contribution < -0.4 is 5.32 Å². The molecule has 0 bridgehead atoms. The normalized spacial score (nSPS) is 11.5. The van der Waals surface area contributed by atoms with Crippen LogP contribution in [0, 0.1) is 0 Å². The third-order valence-corrected chi connectivity index (χ3v) is 3.54. The lowest BCUT2D eigenvalue weighted by atomic mass is 10.2. The largest absolute Gasteiger partial charge is 0.419 e. The zero-order valence-electron chi connectivity index (χ0n) is 12.1. The number of rotatable bonds is 4. The Morgan fingerprint density at radius 3 is 2.50 bits per heavy atom. The topological polar surface area (TPSA) is 51.0 Å². The average Bonchev–Trinajstić information content (AvgIpc) is 3.03. The van der Waals surface area contributed by atoms with Gasteiger partial charge in [-0.1, -0.05) is 29.8 Å². The van der Waals surface area contributed by atoms with Crippen molar-refractivity contribution >= 4 is 17.3 Å². The standard InChI is InChI=1S/C16H11ClF3N3O/c17-12-7-6-11(16(18,19)20)8-13(12)21-9-14-22-23-15(24-14)10-4-2-1-3-5-10/h1-8,21H,9H2. The molecule has 8 heteroatoms. The van der Waals surface area contributed by atoms with Crippen LogP contribution in [0.1, 0.15) is 11.5 Å². The first kappa shape index (κ1) is 16.3. The molecule has 3 rings (SSSR count). The van der Waals surface area contributed by atoms with E-state index >= 15 is 0 Å². The van der Waals surface area contributed by atoms with Crippen molar-refractivity contribution in [2.75, 3.05) is 5.32 Å². The molecule has 0 radical (unpaired) electrons. The summed E-state index contributed by atoms with van der Waals surface area (Å²) in [5, 5.41) is 10.7. The fourth-order valence-corrected chi connectivity index (χ4v) is 2.21. The molecule has 0 saturated carbocycles. The van der Waals surface area contributed by atoms with E-state index in [-0.39, 0.29) is 23.1 Å². The third kappa shape index (κ3) is 3.68. The quantitative estimate of drug-likeness (QED) is 0.715. The van der Waals surface area contributed by atoms with Gasteiger partial charge in [0.05, 0.1) is 22.8 Å². The summed E-state index contributed by atoms with van der Waals surface area (Å²) in [5.74, 6) is 0.574. The van der Waals surface area contributed by atoms with E-state index in [0.29, 0.717) is 5.89 Å². The van der Waals surface area contributed by atoms with Crippen molar-refractivity contribution in [3.63, 3.8) is 0 Å². The van der Waals surface area contributed by atoms with Crippen LogP contribution in [0.5, 0.6) is 0 Å². The van der Waals surface area contributed by atoms with Crippen molar-refractivity contribution in [2.24, 2.45) is 0 Å². The number of benzene rings is 2. The highest BCUT2D eigenvalue weighted by atomic mass is 35.5. The van der Waals surface area contributed by atoms with Crippen molar-refractivity contribution in [3.8, 4) is 11.5 Å². The molecule has 0 aliphatic heterocycles. The summed E-state index contributed by atoms with van der Waals surface area (Å²) in [5.41, 5.74) is 0.115. The van der Waals surface area contributed by atoms with Crippen molar-refractivity contribution in [1.82, 2.24) is 10.2 Å². The van der Waals surface area contributed by atoms with Crippen LogP contribution in [0.4, 0.5) is 18.9 Å². The molecule has 0 fully saturated rings. The zero-order chi connectivity index (χ0) is 17.2. The molecule has 0 aliphatic carbocycles. The van der Waals surface area contributed by atoms with Crippen LogP contribution in [0.25, 0.3) is 11.5 Å². The number of nitrogens with zero attached hydrogens (tertiary/aromatic N) is 2. The number of hydrogen-bond donors (Lipinski definition) is 1.